The van der Waals surface area contributed by atoms with Crippen molar-refractivity contribution in [2.75, 3.05) is 4.90 Å². The molecular formula is C26H24F5N3O4. The van der Waals surface area contributed by atoms with Gasteiger partial charge in [0.2, 0.25) is 5.88 Å². The first-order valence-corrected chi connectivity index (χ1v) is 12.0. The van der Waals surface area contributed by atoms with Gasteiger partial charge in [-0.15, -0.1) is 13.2 Å². The third kappa shape index (κ3) is 4.86. The number of nitrogens with zero attached hydrogens (tertiary/aromatic N) is 3. The van der Waals surface area contributed by atoms with Crippen LogP contribution in [0.25, 0.3) is 0 Å². The predicted molar refractivity (Wildman–Crippen MR) is 127 cm³/mol. The van der Waals surface area contributed by atoms with Crippen molar-refractivity contribution in [2.45, 2.75) is 64.2 Å². The topological polar surface area (TPSA) is 65.8 Å². The molecule has 0 saturated carbocycles. The number of benzene rings is 2. The average molecular weight is 537 g/mol. The summed E-state index contributed by atoms with van der Waals surface area (Å²) in [6.07, 6.45) is -2.08. The summed E-state index contributed by atoms with van der Waals surface area (Å²) in [6.45, 7) is 4.47. The van der Waals surface area contributed by atoms with Crippen LogP contribution in [0.4, 0.5) is 27.8 Å². The third-order valence-corrected chi connectivity index (χ3v) is 7.01. The van der Waals surface area contributed by atoms with Crippen LogP contribution < -0.4 is 24.8 Å². The lowest BCUT2D eigenvalue weighted by Gasteiger charge is -2.34. The Morgan fingerprint density at radius 2 is 1.82 bits per heavy atom. The van der Waals surface area contributed by atoms with Gasteiger partial charge in [-0.2, -0.15) is 4.98 Å². The van der Waals surface area contributed by atoms with Gasteiger partial charge in [0.25, 0.3) is 0 Å². The first-order chi connectivity index (χ1) is 18.0. The van der Waals surface area contributed by atoms with Crippen molar-refractivity contribution in [2.24, 2.45) is 0 Å². The molecule has 1 aromatic heterocycles. The van der Waals surface area contributed by atoms with Crippen LogP contribution in [0.2, 0.25) is 0 Å². The van der Waals surface area contributed by atoms with Crippen LogP contribution in [0.15, 0.2) is 47.3 Å². The smallest absolute Gasteiger partial charge is 0.473 e. The maximum absolute atomic E-state index is 14.7. The van der Waals surface area contributed by atoms with Crippen LogP contribution in [0.5, 0.6) is 23.1 Å². The quantitative estimate of drug-likeness (QED) is 0.348. The molecule has 7 nitrogen and oxygen atoms in total. The Labute approximate surface area is 214 Å². The summed E-state index contributed by atoms with van der Waals surface area (Å²) in [5.74, 6) is -3.09. The van der Waals surface area contributed by atoms with E-state index >= 15 is 0 Å². The summed E-state index contributed by atoms with van der Waals surface area (Å²) >= 11 is 0. The molecule has 202 valence electrons. The fraction of sp³-hybridized carbons (Fsp3) is 0.385. The molecule has 0 amide bonds. The van der Waals surface area contributed by atoms with Crippen molar-refractivity contribution in [3.8, 4) is 23.1 Å². The predicted octanol–water partition coefficient (Wildman–Crippen LogP) is 5.94. The molecule has 0 spiro atoms. The minimum Gasteiger partial charge on any atom is -0.473 e. The highest BCUT2D eigenvalue weighted by Gasteiger charge is 2.49. The average Bonchev–Trinajstić information content (AvgIpc) is 3.35. The molecule has 2 unspecified atom stereocenters. The monoisotopic (exact) mass is 537 g/mol. The molecule has 3 heterocycles. The Hall–Kier alpha value is -3.83. The van der Waals surface area contributed by atoms with E-state index in [4.69, 9.17) is 9.47 Å². The van der Waals surface area contributed by atoms with Crippen LogP contribution in [-0.4, -0.2) is 27.5 Å². The van der Waals surface area contributed by atoms with Gasteiger partial charge in [-0.1, -0.05) is 13.0 Å². The molecule has 3 aromatic rings. The minimum atomic E-state index is -4.93. The van der Waals surface area contributed by atoms with E-state index in [-0.39, 0.29) is 35.4 Å². The van der Waals surface area contributed by atoms with Crippen molar-refractivity contribution in [3.63, 3.8) is 0 Å². The van der Waals surface area contributed by atoms with Gasteiger partial charge in [0.15, 0.2) is 17.4 Å². The van der Waals surface area contributed by atoms with Gasteiger partial charge in [0.05, 0.1) is 12.1 Å². The van der Waals surface area contributed by atoms with Gasteiger partial charge in [0, 0.05) is 18.2 Å². The standard InChI is InChI=1S/C26H24F5N3O4/c1-3-25-8-7-15(2)34(25)22-12-21(32-24(35)33(22)14-25)36-13-16-9-19(27)23(20(28)10-16)37-17-5-4-6-18(11-17)38-26(29,30)31/h4-6,9-12,15H,3,7-8,13-14H2,1-2H3. The van der Waals surface area contributed by atoms with E-state index in [1.165, 1.54) is 12.1 Å². The Morgan fingerprint density at radius 1 is 1.11 bits per heavy atom. The van der Waals surface area contributed by atoms with Gasteiger partial charge >= 0.3 is 12.1 Å². The summed E-state index contributed by atoms with van der Waals surface area (Å²) in [5.41, 5.74) is -0.488. The first kappa shape index (κ1) is 25.8. The lowest BCUT2D eigenvalue weighted by Crippen LogP contribution is -2.43. The fourth-order valence-electron chi connectivity index (χ4n) is 5.27. The number of hydrogen-bond donors (Lipinski definition) is 0. The maximum atomic E-state index is 14.7. The van der Waals surface area contributed by atoms with E-state index in [9.17, 15) is 26.7 Å². The number of aromatic nitrogens is 2. The summed E-state index contributed by atoms with van der Waals surface area (Å²) in [4.78, 5) is 18.9. The van der Waals surface area contributed by atoms with E-state index in [2.05, 4.69) is 28.5 Å². The lowest BCUT2D eigenvalue weighted by molar-refractivity contribution is -0.274. The summed E-state index contributed by atoms with van der Waals surface area (Å²) < 4.78 is 82.9. The third-order valence-electron chi connectivity index (χ3n) is 7.01. The molecule has 0 aliphatic carbocycles. The van der Waals surface area contributed by atoms with Gasteiger partial charge in [-0.05, 0) is 56.0 Å². The van der Waals surface area contributed by atoms with E-state index in [1.807, 2.05) is 0 Å². The number of rotatable bonds is 7. The van der Waals surface area contributed by atoms with Crippen LogP contribution in [-0.2, 0) is 13.2 Å². The number of anilines is 1. The molecule has 2 aliphatic heterocycles. The Bertz CT molecular complexity index is 1400. The molecule has 12 heteroatoms. The zero-order valence-electron chi connectivity index (χ0n) is 20.5. The zero-order valence-corrected chi connectivity index (χ0v) is 20.5. The Kier molecular flexibility index (Phi) is 6.44. The second-order valence-corrected chi connectivity index (χ2v) is 9.46. The largest absolute Gasteiger partial charge is 0.573 e. The number of alkyl halides is 3. The highest BCUT2D eigenvalue weighted by atomic mass is 19.4. The lowest BCUT2D eigenvalue weighted by atomic mass is 9.94. The highest BCUT2D eigenvalue weighted by molar-refractivity contribution is 5.52. The molecule has 0 bridgehead atoms. The van der Waals surface area contributed by atoms with Gasteiger partial charge < -0.3 is 19.1 Å². The number of ether oxygens (including phenoxy) is 3. The van der Waals surface area contributed by atoms with Crippen molar-refractivity contribution in [3.05, 3.63) is 70.1 Å². The van der Waals surface area contributed by atoms with Crippen LogP contribution in [0.1, 0.15) is 38.7 Å². The van der Waals surface area contributed by atoms with E-state index in [0.717, 1.165) is 43.5 Å². The SMILES string of the molecule is CCC12CCC(C)N1c1cc(OCc3cc(F)c(Oc4cccc(OC(F)(F)F)c4)c(F)c3)nc(=O)n1C2. The first-order valence-electron chi connectivity index (χ1n) is 12.0. The number of hydrogen-bond acceptors (Lipinski definition) is 6. The number of fused-ring (bicyclic) bond motifs is 3. The summed E-state index contributed by atoms with van der Waals surface area (Å²) in [6, 6.07) is 8.16. The molecule has 0 radical (unpaired) electrons. The van der Waals surface area contributed by atoms with Gasteiger partial charge in [0.1, 0.15) is 23.9 Å². The van der Waals surface area contributed by atoms with Crippen LogP contribution in [0.3, 0.4) is 0 Å². The summed E-state index contributed by atoms with van der Waals surface area (Å²) in [5, 5.41) is 0. The van der Waals surface area contributed by atoms with Gasteiger partial charge in [-0.3, -0.25) is 4.57 Å². The Balaban J connectivity index is 1.32. The molecule has 5 rings (SSSR count). The second kappa shape index (κ2) is 9.48. The molecule has 38 heavy (non-hydrogen) atoms. The van der Waals surface area contributed by atoms with E-state index in [1.54, 1.807) is 10.6 Å². The van der Waals surface area contributed by atoms with E-state index in [0.29, 0.717) is 12.4 Å². The second-order valence-electron chi connectivity index (χ2n) is 9.46. The zero-order chi connectivity index (χ0) is 27.2. The molecule has 1 fully saturated rings. The number of halogens is 5. The Morgan fingerprint density at radius 3 is 2.50 bits per heavy atom. The van der Waals surface area contributed by atoms with Crippen molar-refractivity contribution in [1.82, 2.24) is 9.55 Å². The molecule has 2 atom stereocenters. The van der Waals surface area contributed by atoms with Gasteiger partial charge in [-0.25, -0.2) is 13.6 Å². The minimum absolute atomic E-state index is 0.0369. The fourth-order valence-corrected chi connectivity index (χ4v) is 5.27. The van der Waals surface area contributed by atoms with Crippen molar-refractivity contribution in [1.29, 1.82) is 0 Å². The summed E-state index contributed by atoms with van der Waals surface area (Å²) in [7, 11) is 0. The highest BCUT2D eigenvalue weighted by Crippen LogP contribution is 2.46. The van der Waals surface area contributed by atoms with Crippen LogP contribution in [0, 0.1) is 11.6 Å². The van der Waals surface area contributed by atoms with E-state index < -0.39 is 35.2 Å². The van der Waals surface area contributed by atoms with Crippen molar-refractivity contribution < 1.29 is 36.2 Å². The molecule has 0 N–H and O–H groups in total. The molecule has 2 aromatic carbocycles. The molecular weight excluding hydrogens is 513 g/mol. The maximum Gasteiger partial charge on any atom is 0.573 e. The van der Waals surface area contributed by atoms with Crippen LogP contribution >= 0.6 is 0 Å². The molecule has 2 aliphatic rings. The normalized spacial score (nSPS) is 20.3. The van der Waals surface area contributed by atoms with Crippen molar-refractivity contribution >= 4 is 5.82 Å². The molecule has 1 saturated heterocycles.